The molecule has 0 spiro atoms. The highest BCUT2D eigenvalue weighted by Crippen LogP contribution is 2.50. The highest BCUT2D eigenvalue weighted by Gasteiger charge is 2.26. The van der Waals surface area contributed by atoms with E-state index in [-0.39, 0.29) is 0 Å². The molecular formula is C46H29NO2. The molecule has 0 aliphatic heterocycles. The molecule has 0 saturated heterocycles. The second kappa shape index (κ2) is 11.0. The number of nitrogens with zero attached hydrogens (tertiary/aromatic N) is 1. The van der Waals surface area contributed by atoms with E-state index in [1.807, 2.05) is 6.07 Å². The third-order valence-corrected chi connectivity index (χ3v) is 9.66. The minimum absolute atomic E-state index is 0.822. The first-order chi connectivity index (χ1) is 24.3. The monoisotopic (exact) mass is 627 g/mol. The number of fused-ring (bicyclic) bond motifs is 9. The van der Waals surface area contributed by atoms with Crippen LogP contribution in [0.4, 0.5) is 17.1 Å². The summed E-state index contributed by atoms with van der Waals surface area (Å²) >= 11 is 0. The van der Waals surface area contributed by atoms with Gasteiger partial charge in [-0.1, -0.05) is 140 Å². The number of rotatable bonds is 5. The van der Waals surface area contributed by atoms with Crippen molar-refractivity contribution in [2.45, 2.75) is 0 Å². The van der Waals surface area contributed by atoms with Crippen LogP contribution in [0.1, 0.15) is 0 Å². The first-order valence-corrected chi connectivity index (χ1v) is 16.6. The Hall–Kier alpha value is -6.58. The highest BCUT2D eigenvalue weighted by molar-refractivity contribution is 6.32. The Kier molecular flexibility index (Phi) is 6.18. The third-order valence-electron chi connectivity index (χ3n) is 9.66. The summed E-state index contributed by atoms with van der Waals surface area (Å²) in [5.74, 6) is 0. The fourth-order valence-corrected chi connectivity index (χ4v) is 7.44. The normalized spacial score (nSPS) is 11.7. The largest absolute Gasteiger partial charge is 0.456 e. The van der Waals surface area contributed by atoms with Crippen LogP contribution in [-0.4, -0.2) is 0 Å². The second-order valence-electron chi connectivity index (χ2n) is 12.5. The maximum absolute atomic E-state index is 6.87. The van der Waals surface area contributed by atoms with Crippen LogP contribution >= 0.6 is 0 Å². The fraction of sp³-hybridized carbons (Fsp3) is 0. The predicted molar refractivity (Wildman–Crippen MR) is 204 cm³/mol. The summed E-state index contributed by atoms with van der Waals surface area (Å²) < 4.78 is 13.6. The van der Waals surface area contributed by atoms with Crippen LogP contribution in [0.15, 0.2) is 185 Å². The van der Waals surface area contributed by atoms with Crippen molar-refractivity contribution in [3.05, 3.63) is 176 Å². The third kappa shape index (κ3) is 4.37. The van der Waals surface area contributed by atoms with Gasteiger partial charge in [-0.15, -0.1) is 0 Å². The molecule has 49 heavy (non-hydrogen) atoms. The Morgan fingerprint density at radius 2 is 1.02 bits per heavy atom. The molecule has 230 valence electrons. The smallest absolute Gasteiger partial charge is 0.160 e. The predicted octanol–water partition coefficient (Wildman–Crippen LogP) is 13.4. The van der Waals surface area contributed by atoms with Crippen LogP contribution < -0.4 is 4.90 Å². The Balaban J connectivity index is 1.27. The molecule has 0 N–H and O–H groups in total. The molecule has 0 unspecified atom stereocenters. The topological polar surface area (TPSA) is 29.5 Å². The molecular weight excluding hydrogens is 599 g/mol. The fourth-order valence-electron chi connectivity index (χ4n) is 7.44. The van der Waals surface area contributed by atoms with E-state index >= 15 is 0 Å². The molecule has 0 saturated carbocycles. The van der Waals surface area contributed by atoms with Crippen LogP contribution in [0.3, 0.4) is 0 Å². The summed E-state index contributed by atoms with van der Waals surface area (Å²) in [6.45, 7) is 0. The summed E-state index contributed by atoms with van der Waals surface area (Å²) in [7, 11) is 0. The molecule has 0 bridgehead atoms. The van der Waals surface area contributed by atoms with Crippen molar-refractivity contribution in [1.29, 1.82) is 0 Å². The van der Waals surface area contributed by atoms with Gasteiger partial charge in [0.15, 0.2) is 5.58 Å². The second-order valence-corrected chi connectivity index (χ2v) is 12.5. The van der Waals surface area contributed by atoms with Gasteiger partial charge in [0, 0.05) is 38.9 Å². The number of hydrogen-bond donors (Lipinski definition) is 0. The van der Waals surface area contributed by atoms with Gasteiger partial charge >= 0.3 is 0 Å². The Labute approximate surface area is 282 Å². The van der Waals surface area contributed by atoms with E-state index in [4.69, 9.17) is 8.83 Å². The van der Waals surface area contributed by atoms with Gasteiger partial charge in [-0.25, -0.2) is 0 Å². The van der Waals surface area contributed by atoms with Gasteiger partial charge in [0.1, 0.15) is 16.7 Å². The van der Waals surface area contributed by atoms with Crippen LogP contribution in [0, 0.1) is 0 Å². The van der Waals surface area contributed by atoms with Gasteiger partial charge in [0.25, 0.3) is 0 Å². The lowest BCUT2D eigenvalue weighted by Gasteiger charge is -2.28. The molecule has 3 nitrogen and oxygen atoms in total. The summed E-state index contributed by atoms with van der Waals surface area (Å²) in [4.78, 5) is 2.32. The SMILES string of the molecule is c1ccc(-c2ccc(-c3ccccc3N(c3ccccc3)c3cc4oc5ccc6ccccc6c5c4c4c3oc3ccccc34)cc2)cc1. The lowest BCUT2D eigenvalue weighted by Crippen LogP contribution is -2.11. The summed E-state index contributed by atoms with van der Waals surface area (Å²) in [5, 5.41) is 6.67. The molecule has 10 rings (SSSR count). The Morgan fingerprint density at radius 3 is 1.86 bits per heavy atom. The average Bonchev–Trinajstić information content (AvgIpc) is 3.75. The first-order valence-electron chi connectivity index (χ1n) is 16.6. The van der Waals surface area contributed by atoms with Gasteiger partial charge in [-0.3, -0.25) is 0 Å². The standard InChI is InChI=1S/C46H29NO2/c1-3-13-30(14-4-1)31-23-25-33(26-24-31)35-18-9-11-21-38(35)47(34-16-5-2-6-17-34)39-29-42-45(44-37-20-10-12-22-40(37)49-46(39)44)43-36-19-8-7-15-32(36)27-28-41(43)48-42/h1-29H. The summed E-state index contributed by atoms with van der Waals surface area (Å²) in [6.07, 6.45) is 0. The van der Waals surface area contributed by atoms with Crippen molar-refractivity contribution < 1.29 is 8.83 Å². The molecule has 8 aromatic carbocycles. The van der Waals surface area contributed by atoms with Crippen molar-refractivity contribution in [2.75, 3.05) is 4.90 Å². The molecule has 0 atom stereocenters. The number of para-hydroxylation sites is 3. The molecule has 0 amide bonds. The van der Waals surface area contributed by atoms with Crippen LogP contribution in [0.5, 0.6) is 0 Å². The minimum Gasteiger partial charge on any atom is -0.456 e. The van der Waals surface area contributed by atoms with Gasteiger partial charge in [0.2, 0.25) is 0 Å². The van der Waals surface area contributed by atoms with E-state index in [2.05, 4.69) is 175 Å². The van der Waals surface area contributed by atoms with Crippen molar-refractivity contribution in [2.24, 2.45) is 0 Å². The number of furan rings is 2. The molecule has 0 aliphatic rings. The maximum atomic E-state index is 6.87. The van der Waals surface area contributed by atoms with Crippen LogP contribution in [0.25, 0.3) is 76.9 Å². The number of anilines is 3. The van der Waals surface area contributed by atoms with Gasteiger partial charge < -0.3 is 13.7 Å². The maximum Gasteiger partial charge on any atom is 0.160 e. The lowest BCUT2D eigenvalue weighted by molar-refractivity contribution is 0.663. The van der Waals surface area contributed by atoms with E-state index in [9.17, 15) is 0 Å². The minimum atomic E-state index is 0.822. The van der Waals surface area contributed by atoms with E-state index in [0.717, 1.165) is 72.1 Å². The zero-order valence-corrected chi connectivity index (χ0v) is 26.5. The van der Waals surface area contributed by atoms with Gasteiger partial charge in [0.05, 0.1) is 11.4 Å². The Bertz CT molecular complexity index is 2810. The van der Waals surface area contributed by atoms with E-state index in [1.165, 1.54) is 21.9 Å². The van der Waals surface area contributed by atoms with Crippen LogP contribution in [-0.2, 0) is 0 Å². The van der Waals surface area contributed by atoms with Crippen molar-refractivity contribution in [3.63, 3.8) is 0 Å². The molecule has 10 aromatic rings. The Morgan fingerprint density at radius 1 is 0.367 bits per heavy atom. The van der Waals surface area contributed by atoms with E-state index < -0.39 is 0 Å². The molecule has 2 heterocycles. The molecule has 2 aromatic heterocycles. The zero-order valence-electron chi connectivity index (χ0n) is 26.5. The number of benzene rings is 8. The average molecular weight is 628 g/mol. The number of hydrogen-bond acceptors (Lipinski definition) is 3. The molecule has 0 radical (unpaired) electrons. The first kappa shape index (κ1) is 27.5. The van der Waals surface area contributed by atoms with E-state index in [1.54, 1.807) is 0 Å². The molecule has 0 fully saturated rings. The zero-order chi connectivity index (χ0) is 32.3. The molecule has 0 aliphatic carbocycles. The van der Waals surface area contributed by atoms with Crippen molar-refractivity contribution in [3.8, 4) is 22.3 Å². The highest BCUT2D eigenvalue weighted by atomic mass is 16.3. The summed E-state index contributed by atoms with van der Waals surface area (Å²) in [5.41, 5.74) is 11.0. The van der Waals surface area contributed by atoms with Gasteiger partial charge in [-0.2, -0.15) is 0 Å². The van der Waals surface area contributed by atoms with Crippen molar-refractivity contribution >= 4 is 71.7 Å². The van der Waals surface area contributed by atoms with Gasteiger partial charge in [-0.05, 0) is 57.8 Å². The molecule has 3 heteroatoms. The quantitative estimate of drug-likeness (QED) is 0.190. The summed E-state index contributed by atoms with van der Waals surface area (Å²) in [6, 6.07) is 61.7. The lowest BCUT2D eigenvalue weighted by atomic mass is 9.97. The van der Waals surface area contributed by atoms with Crippen molar-refractivity contribution in [1.82, 2.24) is 0 Å². The van der Waals surface area contributed by atoms with Crippen LogP contribution in [0.2, 0.25) is 0 Å². The van der Waals surface area contributed by atoms with E-state index in [0.29, 0.717) is 0 Å².